The van der Waals surface area contributed by atoms with E-state index in [4.69, 9.17) is 9.15 Å². The van der Waals surface area contributed by atoms with Crippen LogP contribution in [0.3, 0.4) is 0 Å². The van der Waals surface area contributed by atoms with Gasteiger partial charge in [0.15, 0.2) is 5.96 Å². The maximum atomic E-state index is 5.33. The second kappa shape index (κ2) is 11.4. The van der Waals surface area contributed by atoms with Crippen LogP contribution in [0.1, 0.15) is 21.3 Å². The van der Waals surface area contributed by atoms with Gasteiger partial charge in [-0.15, -0.1) is 35.3 Å². The Labute approximate surface area is 164 Å². The van der Waals surface area contributed by atoms with Gasteiger partial charge in [-0.25, -0.2) is 9.98 Å². The highest BCUT2D eigenvalue weighted by atomic mass is 127. The van der Waals surface area contributed by atoms with E-state index in [2.05, 4.69) is 27.5 Å². The monoisotopic (exact) mass is 464 g/mol. The minimum absolute atomic E-state index is 0. The van der Waals surface area contributed by atoms with Gasteiger partial charge < -0.3 is 19.8 Å². The summed E-state index contributed by atoms with van der Waals surface area (Å²) >= 11 is 1.69. The van der Waals surface area contributed by atoms with Gasteiger partial charge in [0.2, 0.25) is 0 Å². The van der Waals surface area contributed by atoms with Crippen molar-refractivity contribution in [3.8, 4) is 0 Å². The lowest BCUT2D eigenvalue weighted by Crippen LogP contribution is -2.40. The summed E-state index contributed by atoms with van der Waals surface area (Å²) in [6.07, 6.45) is 2.50. The summed E-state index contributed by atoms with van der Waals surface area (Å²) in [5.74, 6) is 1.72. The van der Waals surface area contributed by atoms with Gasteiger partial charge in [-0.05, 0) is 26.0 Å². The molecular formula is C16H25IN4O2S. The number of aromatic nitrogens is 1. The first-order valence-corrected chi connectivity index (χ1v) is 8.47. The number of methoxy groups -OCH3 is 1. The van der Waals surface area contributed by atoms with E-state index in [0.717, 1.165) is 35.4 Å². The number of nitrogens with zero attached hydrogens (tertiary/aromatic N) is 2. The van der Waals surface area contributed by atoms with Gasteiger partial charge in [-0.3, -0.25) is 0 Å². The molecule has 0 unspecified atom stereocenters. The second-order valence-corrected chi connectivity index (χ2v) is 6.38. The lowest BCUT2D eigenvalue weighted by atomic mass is 10.3. The van der Waals surface area contributed by atoms with Crippen LogP contribution in [0.4, 0.5) is 0 Å². The van der Waals surface area contributed by atoms with Gasteiger partial charge in [0.25, 0.3) is 0 Å². The molecule has 6 nitrogen and oxygen atoms in total. The first kappa shape index (κ1) is 20.9. The summed E-state index contributed by atoms with van der Waals surface area (Å²) in [6.45, 7) is 6.77. The van der Waals surface area contributed by atoms with Crippen LogP contribution in [0.15, 0.2) is 27.8 Å². The van der Waals surface area contributed by atoms with Crippen LogP contribution >= 0.6 is 35.3 Å². The Morgan fingerprint density at radius 1 is 1.33 bits per heavy atom. The minimum atomic E-state index is 0. The Hall–Kier alpha value is -1.13. The molecule has 0 saturated carbocycles. The fourth-order valence-electron chi connectivity index (χ4n) is 1.96. The molecule has 2 aromatic rings. The number of rotatable bonds is 8. The molecule has 134 valence electrons. The number of hydrogen-bond donors (Lipinski definition) is 2. The van der Waals surface area contributed by atoms with Crippen LogP contribution in [0.25, 0.3) is 0 Å². The molecule has 0 aliphatic rings. The maximum absolute atomic E-state index is 5.33. The first-order chi connectivity index (χ1) is 11.2. The first-order valence-electron chi connectivity index (χ1n) is 7.65. The van der Waals surface area contributed by atoms with Gasteiger partial charge >= 0.3 is 0 Å². The quantitative estimate of drug-likeness (QED) is 0.272. The molecule has 2 aromatic heterocycles. The molecule has 0 aliphatic heterocycles. The molecule has 2 N–H and O–H groups in total. The zero-order valence-corrected chi connectivity index (χ0v) is 17.4. The van der Waals surface area contributed by atoms with Crippen LogP contribution in [0, 0.1) is 13.8 Å². The summed E-state index contributed by atoms with van der Waals surface area (Å²) in [4.78, 5) is 10.4. The highest BCUT2D eigenvalue weighted by Crippen LogP contribution is 2.16. The van der Waals surface area contributed by atoms with Crippen molar-refractivity contribution < 1.29 is 9.15 Å². The molecule has 0 fully saturated rings. The molecule has 0 spiro atoms. The van der Waals surface area contributed by atoms with Gasteiger partial charge in [0, 0.05) is 31.5 Å². The fourth-order valence-corrected chi connectivity index (χ4v) is 2.82. The number of halogens is 1. The normalized spacial score (nSPS) is 11.2. The number of guanidine groups is 1. The summed E-state index contributed by atoms with van der Waals surface area (Å²) in [7, 11) is 1.68. The van der Waals surface area contributed by atoms with E-state index in [9.17, 15) is 0 Å². The number of aliphatic imine (C=N–C) groups is 1. The number of hydrogen-bond acceptors (Lipinski definition) is 5. The third-order valence-electron chi connectivity index (χ3n) is 3.29. The molecule has 0 radical (unpaired) electrons. The van der Waals surface area contributed by atoms with E-state index in [0.29, 0.717) is 19.7 Å². The largest absolute Gasteiger partial charge is 0.469 e. The minimum Gasteiger partial charge on any atom is -0.469 e. The van der Waals surface area contributed by atoms with Crippen molar-refractivity contribution in [2.75, 3.05) is 26.8 Å². The molecule has 2 rings (SSSR count). The average molecular weight is 464 g/mol. The van der Waals surface area contributed by atoms with E-state index >= 15 is 0 Å². The topological polar surface area (TPSA) is 71.7 Å². The van der Waals surface area contributed by atoms with Gasteiger partial charge in [0.05, 0.1) is 25.1 Å². The molecule has 8 heteroatoms. The Morgan fingerprint density at radius 3 is 2.75 bits per heavy atom. The Kier molecular flexibility index (Phi) is 9.96. The predicted octanol–water partition coefficient (Wildman–Crippen LogP) is 2.90. The number of furan rings is 1. The van der Waals surface area contributed by atoms with Crippen LogP contribution in [-0.2, 0) is 17.7 Å². The fraction of sp³-hybridized carbons (Fsp3) is 0.500. The predicted molar refractivity (Wildman–Crippen MR) is 108 cm³/mol. The van der Waals surface area contributed by atoms with Crippen molar-refractivity contribution in [3.63, 3.8) is 0 Å². The molecular weight excluding hydrogens is 439 g/mol. The lowest BCUT2D eigenvalue weighted by molar-refractivity contribution is 0.203. The van der Waals surface area contributed by atoms with Crippen molar-refractivity contribution in [1.82, 2.24) is 15.6 Å². The SMILES string of the molecule is COCCNC(=NCc1nc(C)c(C)s1)NCCc1ccco1.I. The van der Waals surface area contributed by atoms with Crippen molar-refractivity contribution in [2.45, 2.75) is 26.8 Å². The van der Waals surface area contributed by atoms with Crippen molar-refractivity contribution in [1.29, 1.82) is 0 Å². The highest BCUT2D eigenvalue weighted by Gasteiger charge is 2.04. The number of aryl methyl sites for hydroxylation is 2. The standard InChI is InChI=1S/C16H24N4O2S.HI/c1-12-13(2)23-15(20-12)11-19-16(18-8-10-21-3)17-7-6-14-5-4-9-22-14;/h4-5,9H,6-8,10-11H2,1-3H3,(H2,17,18,19);1H. The zero-order valence-electron chi connectivity index (χ0n) is 14.3. The number of nitrogens with one attached hydrogen (secondary N) is 2. The molecule has 0 atom stereocenters. The van der Waals surface area contributed by atoms with E-state index in [1.54, 1.807) is 24.7 Å². The molecule has 0 aliphatic carbocycles. The Morgan fingerprint density at radius 2 is 2.12 bits per heavy atom. The van der Waals surface area contributed by atoms with Gasteiger partial charge in [-0.2, -0.15) is 0 Å². The third kappa shape index (κ3) is 7.18. The van der Waals surface area contributed by atoms with Crippen molar-refractivity contribution in [2.24, 2.45) is 4.99 Å². The van der Waals surface area contributed by atoms with Crippen LogP contribution in [-0.4, -0.2) is 37.7 Å². The molecule has 0 amide bonds. The lowest BCUT2D eigenvalue weighted by Gasteiger charge is -2.11. The number of thiazole rings is 1. The van der Waals surface area contributed by atoms with Gasteiger partial charge in [-0.1, -0.05) is 0 Å². The van der Waals surface area contributed by atoms with E-state index in [1.165, 1.54) is 4.88 Å². The maximum Gasteiger partial charge on any atom is 0.191 e. The van der Waals surface area contributed by atoms with Crippen molar-refractivity contribution in [3.05, 3.63) is 39.7 Å². The molecule has 24 heavy (non-hydrogen) atoms. The Balaban J connectivity index is 0.00000288. The van der Waals surface area contributed by atoms with Crippen LogP contribution < -0.4 is 10.6 Å². The van der Waals surface area contributed by atoms with E-state index < -0.39 is 0 Å². The molecule has 2 heterocycles. The average Bonchev–Trinajstić information content (AvgIpc) is 3.15. The van der Waals surface area contributed by atoms with E-state index in [-0.39, 0.29) is 24.0 Å². The summed E-state index contributed by atoms with van der Waals surface area (Å²) in [5, 5.41) is 7.59. The highest BCUT2D eigenvalue weighted by molar-refractivity contribution is 14.0. The summed E-state index contributed by atoms with van der Waals surface area (Å²) in [6, 6.07) is 3.87. The molecule has 0 bridgehead atoms. The van der Waals surface area contributed by atoms with E-state index in [1.807, 2.05) is 19.1 Å². The molecule has 0 saturated heterocycles. The Bertz CT molecular complexity index is 594. The smallest absolute Gasteiger partial charge is 0.191 e. The van der Waals surface area contributed by atoms with Crippen LogP contribution in [0.5, 0.6) is 0 Å². The van der Waals surface area contributed by atoms with Crippen molar-refractivity contribution >= 4 is 41.3 Å². The summed E-state index contributed by atoms with van der Waals surface area (Å²) < 4.78 is 10.4. The van der Waals surface area contributed by atoms with Gasteiger partial charge in [0.1, 0.15) is 10.8 Å². The number of ether oxygens (including phenoxy) is 1. The summed E-state index contributed by atoms with van der Waals surface area (Å²) in [5.41, 5.74) is 1.08. The second-order valence-electron chi connectivity index (χ2n) is 5.09. The molecule has 0 aromatic carbocycles. The zero-order chi connectivity index (χ0) is 16.5. The third-order valence-corrected chi connectivity index (χ3v) is 4.35. The van der Waals surface area contributed by atoms with Crippen LogP contribution in [0.2, 0.25) is 0 Å².